The highest BCUT2D eigenvalue weighted by atomic mass is 19.4. The molecule has 0 saturated carbocycles. The summed E-state index contributed by atoms with van der Waals surface area (Å²) in [4.78, 5) is 2.25. The Morgan fingerprint density at radius 1 is 0.963 bits per heavy atom. The van der Waals surface area contributed by atoms with E-state index in [9.17, 15) is 17.6 Å². The van der Waals surface area contributed by atoms with Gasteiger partial charge in [-0.15, -0.1) is 0 Å². The van der Waals surface area contributed by atoms with Gasteiger partial charge in [-0.2, -0.15) is 13.2 Å². The van der Waals surface area contributed by atoms with E-state index in [1.165, 1.54) is 18.2 Å². The second kappa shape index (κ2) is 6.79. The number of hydrogen-bond donors (Lipinski definition) is 0. The standard InChI is InChI=1S/C22H21F4N/c1-27-10-8-15(9-11-27)20-13-19(14-2-5-17(23)6-3-14)18-7-4-16(12-21(18)20)22(24,25)26/h2-7,12-13,15,20H,8-11H2,1H3. The molecule has 0 bridgehead atoms. The fourth-order valence-corrected chi connectivity index (χ4v) is 4.28. The Labute approximate surface area is 156 Å². The van der Waals surface area contributed by atoms with E-state index < -0.39 is 11.7 Å². The molecule has 1 atom stereocenters. The minimum Gasteiger partial charge on any atom is -0.306 e. The second-order valence-electron chi connectivity index (χ2n) is 7.55. The Hall–Kier alpha value is -2.14. The van der Waals surface area contributed by atoms with Gasteiger partial charge >= 0.3 is 6.18 Å². The molecule has 2 aromatic carbocycles. The Morgan fingerprint density at radius 3 is 2.26 bits per heavy atom. The summed E-state index contributed by atoms with van der Waals surface area (Å²) in [6.45, 7) is 1.91. The number of alkyl halides is 3. The van der Waals surface area contributed by atoms with Crippen LogP contribution in [-0.2, 0) is 6.18 Å². The van der Waals surface area contributed by atoms with E-state index in [0.29, 0.717) is 5.92 Å². The maximum atomic E-state index is 13.3. The predicted octanol–water partition coefficient (Wildman–Crippen LogP) is 5.72. The smallest absolute Gasteiger partial charge is 0.306 e. The van der Waals surface area contributed by atoms with Gasteiger partial charge in [-0.3, -0.25) is 0 Å². The predicted molar refractivity (Wildman–Crippen MR) is 97.9 cm³/mol. The first-order chi connectivity index (χ1) is 12.8. The first kappa shape index (κ1) is 18.2. The third kappa shape index (κ3) is 3.53. The Bertz CT molecular complexity index is 859. The van der Waals surface area contributed by atoms with E-state index in [2.05, 4.69) is 18.0 Å². The Balaban J connectivity index is 1.77. The lowest BCUT2D eigenvalue weighted by atomic mass is 9.81. The van der Waals surface area contributed by atoms with Crippen LogP contribution in [0.4, 0.5) is 17.6 Å². The molecule has 0 radical (unpaired) electrons. The van der Waals surface area contributed by atoms with Crippen molar-refractivity contribution in [3.63, 3.8) is 0 Å². The zero-order chi connectivity index (χ0) is 19.2. The number of benzene rings is 2. The zero-order valence-electron chi connectivity index (χ0n) is 15.1. The van der Waals surface area contributed by atoms with Crippen molar-refractivity contribution >= 4 is 5.57 Å². The third-order valence-corrected chi connectivity index (χ3v) is 5.80. The summed E-state index contributed by atoms with van der Waals surface area (Å²) in [6.07, 6.45) is -0.340. The number of allylic oxidation sites excluding steroid dienone is 1. The molecule has 0 aromatic heterocycles. The van der Waals surface area contributed by atoms with Crippen molar-refractivity contribution in [2.24, 2.45) is 5.92 Å². The monoisotopic (exact) mass is 375 g/mol. The molecule has 142 valence electrons. The van der Waals surface area contributed by atoms with Crippen molar-refractivity contribution in [1.29, 1.82) is 0 Å². The molecule has 1 heterocycles. The number of rotatable bonds is 2. The van der Waals surface area contributed by atoms with Crippen LogP contribution in [0.25, 0.3) is 5.57 Å². The first-order valence-electron chi connectivity index (χ1n) is 9.21. The number of nitrogens with zero attached hydrogens (tertiary/aromatic N) is 1. The Morgan fingerprint density at radius 2 is 1.63 bits per heavy atom. The molecular weight excluding hydrogens is 354 g/mol. The van der Waals surface area contributed by atoms with Gasteiger partial charge in [0.05, 0.1) is 5.56 Å². The summed E-state index contributed by atoms with van der Waals surface area (Å²) >= 11 is 0. The molecule has 2 aromatic rings. The van der Waals surface area contributed by atoms with Crippen LogP contribution in [0, 0.1) is 11.7 Å². The number of halogens is 4. The third-order valence-electron chi connectivity index (χ3n) is 5.80. The number of likely N-dealkylation sites (tertiary alicyclic amines) is 1. The minimum absolute atomic E-state index is 0.0314. The molecule has 5 heteroatoms. The fourth-order valence-electron chi connectivity index (χ4n) is 4.28. The van der Waals surface area contributed by atoms with Crippen LogP contribution in [0.2, 0.25) is 0 Å². The summed E-state index contributed by atoms with van der Waals surface area (Å²) in [5, 5.41) is 0. The van der Waals surface area contributed by atoms with Crippen molar-refractivity contribution in [1.82, 2.24) is 4.90 Å². The molecule has 1 aliphatic carbocycles. The van der Waals surface area contributed by atoms with Crippen LogP contribution >= 0.6 is 0 Å². The van der Waals surface area contributed by atoms with Gasteiger partial charge in [0.2, 0.25) is 0 Å². The molecule has 0 N–H and O–H groups in total. The fraction of sp³-hybridized carbons (Fsp3) is 0.364. The van der Waals surface area contributed by atoms with Crippen molar-refractivity contribution in [3.05, 3.63) is 76.6 Å². The average Bonchev–Trinajstić information content (AvgIpc) is 3.01. The second-order valence-corrected chi connectivity index (χ2v) is 7.55. The SMILES string of the molecule is CN1CCC(C2C=C(c3ccc(F)cc3)c3ccc(C(F)(F)F)cc32)CC1. The molecule has 1 saturated heterocycles. The highest BCUT2D eigenvalue weighted by molar-refractivity contribution is 5.86. The molecule has 4 rings (SSSR count). The van der Waals surface area contributed by atoms with E-state index in [1.807, 2.05) is 0 Å². The summed E-state index contributed by atoms with van der Waals surface area (Å²) in [5.41, 5.74) is 2.72. The minimum atomic E-state index is -4.36. The molecule has 1 unspecified atom stereocenters. The lowest BCUT2D eigenvalue weighted by Crippen LogP contribution is -2.32. The van der Waals surface area contributed by atoms with Crippen LogP contribution in [0.15, 0.2) is 48.5 Å². The van der Waals surface area contributed by atoms with Crippen LogP contribution in [-0.4, -0.2) is 25.0 Å². The van der Waals surface area contributed by atoms with Crippen LogP contribution in [0.1, 0.15) is 41.0 Å². The van der Waals surface area contributed by atoms with E-state index in [4.69, 9.17) is 0 Å². The van der Waals surface area contributed by atoms with Gasteiger partial charge in [-0.1, -0.05) is 24.3 Å². The van der Waals surface area contributed by atoms with Gasteiger partial charge in [0.15, 0.2) is 0 Å². The molecule has 0 amide bonds. The molecule has 2 aliphatic rings. The summed E-state index contributed by atoms with van der Waals surface area (Å²) in [6, 6.07) is 10.2. The number of piperidine rings is 1. The lowest BCUT2D eigenvalue weighted by Gasteiger charge is -2.32. The lowest BCUT2D eigenvalue weighted by molar-refractivity contribution is -0.137. The molecule has 27 heavy (non-hydrogen) atoms. The zero-order valence-corrected chi connectivity index (χ0v) is 15.1. The number of hydrogen-bond acceptors (Lipinski definition) is 1. The largest absolute Gasteiger partial charge is 0.416 e. The highest BCUT2D eigenvalue weighted by Gasteiger charge is 2.36. The maximum Gasteiger partial charge on any atom is 0.416 e. The molecule has 1 aliphatic heterocycles. The quantitative estimate of drug-likeness (QED) is 0.607. The Kier molecular flexibility index (Phi) is 4.58. The van der Waals surface area contributed by atoms with Crippen LogP contribution < -0.4 is 0 Å². The summed E-state index contributed by atoms with van der Waals surface area (Å²) < 4.78 is 53.1. The van der Waals surface area contributed by atoms with Crippen molar-refractivity contribution in [2.45, 2.75) is 24.9 Å². The first-order valence-corrected chi connectivity index (χ1v) is 9.21. The van der Waals surface area contributed by atoms with E-state index in [0.717, 1.165) is 54.3 Å². The highest BCUT2D eigenvalue weighted by Crippen LogP contribution is 2.47. The molecule has 0 spiro atoms. The van der Waals surface area contributed by atoms with E-state index in [-0.39, 0.29) is 11.7 Å². The van der Waals surface area contributed by atoms with Crippen molar-refractivity contribution in [3.8, 4) is 0 Å². The number of fused-ring (bicyclic) bond motifs is 1. The van der Waals surface area contributed by atoms with E-state index in [1.54, 1.807) is 18.2 Å². The van der Waals surface area contributed by atoms with Crippen molar-refractivity contribution in [2.75, 3.05) is 20.1 Å². The normalized spacial score (nSPS) is 21.2. The average molecular weight is 375 g/mol. The van der Waals surface area contributed by atoms with Gasteiger partial charge in [-0.05, 0) is 85.4 Å². The van der Waals surface area contributed by atoms with Crippen LogP contribution in [0.3, 0.4) is 0 Å². The topological polar surface area (TPSA) is 3.24 Å². The van der Waals surface area contributed by atoms with Gasteiger partial charge < -0.3 is 4.90 Å². The molecule has 1 fully saturated rings. The van der Waals surface area contributed by atoms with Crippen LogP contribution in [0.5, 0.6) is 0 Å². The van der Waals surface area contributed by atoms with Gasteiger partial charge in [0.1, 0.15) is 5.82 Å². The van der Waals surface area contributed by atoms with Gasteiger partial charge in [-0.25, -0.2) is 4.39 Å². The van der Waals surface area contributed by atoms with Crippen molar-refractivity contribution < 1.29 is 17.6 Å². The molecule has 1 nitrogen and oxygen atoms in total. The van der Waals surface area contributed by atoms with E-state index >= 15 is 0 Å². The summed E-state index contributed by atoms with van der Waals surface area (Å²) in [5.74, 6) is -0.0331. The van der Waals surface area contributed by atoms with Gasteiger partial charge in [0.25, 0.3) is 0 Å². The van der Waals surface area contributed by atoms with Gasteiger partial charge in [0, 0.05) is 5.92 Å². The molecular formula is C22H21F4N. The maximum absolute atomic E-state index is 13.3. The summed E-state index contributed by atoms with van der Waals surface area (Å²) in [7, 11) is 2.07.